The van der Waals surface area contributed by atoms with E-state index in [-0.39, 0.29) is 0 Å². The average molecular weight is 293 g/mol. The predicted molar refractivity (Wildman–Crippen MR) is 85.5 cm³/mol. The van der Waals surface area contributed by atoms with Gasteiger partial charge in [-0.3, -0.25) is 0 Å². The average Bonchev–Trinajstić information content (AvgIpc) is 2.96. The van der Waals surface area contributed by atoms with E-state index in [9.17, 15) is 0 Å². The van der Waals surface area contributed by atoms with E-state index in [1.54, 1.807) is 17.7 Å². The summed E-state index contributed by atoms with van der Waals surface area (Å²) in [6.45, 7) is 4.33. The summed E-state index contributed by atoms with van der Waals surface area (Å²) in [4.78, 5) is 11.3. The second-order valence-corrected chi connectivity index (χ2v) is 7.54. The molecule has 1 N–H and O–H groups in total. The molecule has 2 unspecified atom stereocenters. The van der Waals surface area contributed by atoms with Crippen LogP contribution >= 0.6 is 23.1 Å². The molecule has 0 saturated heterocycles. The summed E-state index contributed by atoms with van der Waals surface area (Å²) in [7, 11) is 0. The molecule has 2 heterocycles. The van der Waals surface area contributed by atoms with Gasteiger partial charge in [-0.05, 0) is 44.9 Å². The number of aromatic nitrogens is 2. The third-order valence-corrected chi connectivity index (χ3v) is 6.23. The zero-order valence-corrected chi connectivity index (χ0v) is 13.2. The van der Waals surface area contributed by atoms with Crippen LogP contribution in [0.1, 0.15) is 29.7 Å². The first-order valence-corrected chi connectivity index (χ1v) is 8.79. The van der Waals surface area contributed by atoms with Crippen LogP contribution in [0.4, 0.5) is 5.82 Å². The van der Waals surface area contributed by atoms with Crippen LogP contribution < -0.4 is 5.32 Å². The Morgan fingerprint density at radius 3 is 2.89 bits per heavy atom. The number of thioether (sulfide) groups is 1. The Balaban J connectivity index is 1.89. The highest BCUT2D eigenvalue weighted by Crippen LogP contribution is 2.35. The smallest absolute Gasteiger partial charge is 0.138 e. The zero-order chi connectivity index (χ0) is 13.4. The fraction of sp³-hybridized carbons (Fsp3) is 0.571. The fourth-order valence-electron chi connectivity index (χ4n) is 2.77. The van der Waals surface area contributed by atoms with E-state index >= 15 is 0 Å². The summed E-state index contributed by atoms with van der Waals surface area (Å²) in [6, 6.07) is 0.565. The molecule has 1 fully saturated rings. The molecule has 0 aliphatic heterocycles. The van der Waals surface area contributed by atoms with Crippen molar-refractivity contribution in [3.05, 3.63) is 16.8 Å². The van der Waals surface area contributed by atoms with Gasteiger partial charge in [0.15, 0.2) is 0 Å². The largest absolute Gasteiger partial charge is 0.367 e. The lowest BCUT2D eigenvalue weighted by Crippen LogP contribution is -2.17. The maximum atomic E-state index is 4.47. The highest BCUT2D eigenvalue weighted by atomic mass is 32.2. The van der Waals surface area contributed by atoms with Crippen molar-refractivity contribution in [2.75, 3.05) is 11.6 Å². The molecule has 1 saturated carbocycles. The Labute approximate surface area is 122 Å². The molecule has 5 heteroatoms. The topological polar surface area (TPSA) is 37.8 Å². The quantitative estimate of drug-likeness (QED) is 0.928. The third-order valence-electron chi connectivity index (χ3n) is 4.02. The molecule has 3 nitrogen and oxygen atoms in total. The third kappa shape index (κ3) is 2.46. The van der Waals surface area contributed by atoms with Crippen molar-refractivity contribution in [3.8, 4) is 0 Å². The number of anilines is 1. The van der Waals surface area contributed by atoms with Crippen LogP contribution in [0.25, 0.3) is 10.2 Å². The minimum absolute atomic E-state index is 0.565. The van der Waals surface area contributed by atoms with Crippen molar-refractivity contribution in [2.24, 2.45) is 0 Å². The lowest BCUT2D eigenvalue weighted by atomic mass is 10.2. The molecule has 0 amide bonds. The Hall–Kier alpha value is -0.810. The molecule has 3 rings (SSSR count). The molecule has 19 heavy (non-hydrogen) atoms. The first-order valence-electron chi connectivity index (χ1n) is 6.69. The second kappa shape index (κ2) is 5.29. The number of nitrogens with zero attached hydrogens (tertiary/aromatic N) is 2. The van der Waals surface area contributed by atoms with E-state index in [4.69, 9.17) is 0 Å². The monoisotopic (exact) mass is 293 g/mol. The van der Waals surface area contributed by atoms with Crippen LogP contribution in [0.15, 0.2) is 6.33 Å². The molecule has 0 spiro atoms. The van der Waals surface area contributed by atoms with Gasteiger partial charge >= 0.3 is 0 Å². The first-order chi connectivity index (χ1) is 9.19. The van der Waals surface area contributed by atoms with Crippen molar-refractivity contribution in [2.45, 2.75) is 44.4 Å². The first kappa shape index (κ1) is 13.2. The van der Waals surface area contributed by atoms with Gasteiger partial charge in [-0.2, -0.15) is 11.8 Å². The molecule has 0 aromatic carbocycles. The van der Waals surface area contributed by atoms with Crippen LogP contribution in [-0.4, -0.2) is 27.5 Å². The SMILES string of the molecule is CSC1CCC(Nc2ncnc3sc(C)c(C)c23)C1. The van der Waals surface area contributed by atoms with E-state index < -0.39 is 0 Å². The van der Waals surface area contributed by atoms with Gasteiger partial charge in [0.1, 0.15) is 17.0 Å². The lowest BCUT2D eigenvalue weighted by molar-refractivity contribution is 0.753. The van der Waals surface area contributed by atoms with E-state index in [1.165, 1.54) is 35.1 Å². The molecule has 2 aromatic heterocycles. The number of thiophene rings is 1. The molecule has 2 atom stereocenters. The van der Waals surface area contributed by atoms with Gasteiger partial charge in [-0.25, -0.2) is 9.97 Å². The number of fused-ring (bicyclic) bond motifs is 1. The van der Waals surface area contributed by atoms with Gasteiger partial charge in [-0.15, -0.1) is 11.3 Å². The van der Waals surface area contributed by atoms with Gasteiger partial charge < -0.3 is 5.32 Å². The Morgan fingerprint density at radius 1 is 1.32 bits per heavy atom. The van der Waals surface area contributed by atoms with Crippen molar-refractivity contribution in [3.63, 3.8) is 0 Å². The Bertz CT molecular complexity index is 594. The summed E-state index contributed by atoms with van der Waals surface area (Å²) in [6.07, 6.45) is 7.70. The molecule has 1 aliphatic carbocycles. The van der Waals surface area contributed by atoms with Gasteiger partial charge in [0.05, 0.1) is 5.39 Å². The van der Waals surface area contributed by atoms with E-state index in [0.717, 1.165) is 15.9 Å². The van der Waals surface area contributed by atoms with Gasteiger partial charge in [0.25, 0.3) is 0 Å². The van der Waals surface area contributed by atoms with Crippen molar-refractivity contribution in [1.82, 2.24) is 9.97 Å². The number of rotatable bonds is 3. The summed E-state index contributed by atoms with van der Waals surface area (Å²) in [5.74, 6) is 1.03. The highest BCUT2D eigenvalue weighted by Gasteiger charge is 2.25. The summed E-state index contributed by atoms with van der Waals surface area (Å²) >= 11 is 3.75. The van der Waals surface area contributed by atoms with Crippen LogP contribution in [0, 0.1) is 13.8 Å². The van der Waals surface area contributed by atoms with Gasteiger partial charge in [0, 0.05) is 16.2 Å². The molecular formula is C14H19N3S2. The summed E-state index contributed by atoms with van der Waals surface area (Å²) < 4.78 is 0. The summed E-state index contributed by atoms with van der Waals surface area (Å²) in [5, 5.41) is 5.67. The highest BCUT2D eigenvalue weighted by molar-refractivity contribution is 7.99. The maximum absolute atomic E-state index is 4.47. The fourth-order valence-corrected chi connectivity index (χ4v) is 4.56. The lowest BCUT2D eigenvalue weighted by Gasteiger charge is -2.14. The minimum atomic E-state index is 0.565. The molecule has 102 valence electrons. The van der Waals surface area contributed by atoms with Gasteiger partial charge in [0.2, 0.25) is 0 Å². The number of nitrogens with one attached hydrogen (secondary N) is 1. The minimum Gasteiger partial charge on any atom is -0.367 e. The predicted octanol–water partition coefficient (Wildman–Crippen LogP) is 4.00. The van der Waals surface area contributed by atoms with Crippen LogP contribution in [0.3, 0.4) is 0 Å². The molecule has 1 aliphatic rings. The number of aryl methyl sites for hydroxylation is 2. The van der Waals surface area contributed by atoms with Crippen molar-refractivity contribution >= 4 is 39.1 Å². The van der Waals surface area contributed by atoms with Crippen molar-refractivity contribution in [1.29, 1.82) is 0 Å². The van der Waals surface area contributed by atoms with Crippen molar-refractivity contribution < 1.29 is 0 Å². The molecule has 0 radical (unpaired) electrons. The van der Waals surface area contributed by atoms with Crippen LogP contribution in [0.2, 0.25) is 0 Å². The molecule has 2 aromatic rings. The number of hydrogen-bond donors (Lipinski definition) is 1. The standard InChI is InChI=1S/C14H19N3S2/c1-8-9(2)19-14-12(8)13(15-7-16-14)17-10-4-5-11(6-10)18-3/h7,10-11H,4-6H2,1-3H3,(H,15,16,17). The molecule has 0 bridgehead atoms. The zero-order valence-electron chi connectivity index (χ0n) is 11.6. The van der Waals surface area contributed by atoms with Crippen LogP contribution in [-0.2, 0) is 0 Å². The normalized spacial score (nSPS) is 23.1. The van der Waals surface area contributed by atoms with E-state index in [1.807, 2.05) is 11.8 Å². The van der Waals surface area contributed by atoms with E-state index in [2.05, 4.69) is 35.4 Å². The maximum Gasteiger partial charge on any atom is 0.138 e. The Morgan fingerprint density at radius 2 is 2.16 bits per heavy atom. The molecular weight excluding hydrogens is 274 g/mol. The number of hydrogen-bond acceptors (Lipinski definition) is 5. The van der Waals surface area contributed by atoms with Gasteiger partial charge in [-0.1, -0.05) is 0 Å². The second-order valence-electron chi connectivity index (χ2n) is 5.20. The van der Waals surface area contributed by atoms with Crippen LogP contribution in [0.5, 0.6) is 0 Å². The summed E-state index contributed by atoms with van der Waals surface area (Å²) in [5.41, 5.74) is 1.32. The Kier molecular flexibility index (Phi) is 3.67. The van der Waals surface area contributed by atoms with E-state index in [0.29, 0.717) is 6.04 Å².